The van der Waals surface area contributed by atoms with Gasteiger partial charge in [-0.25, -0.2) is 13.8 Å². The lowest BCUT2D eigenvalue weighted by Crippen LogP contribution is -2.11. The molecule has 0 aromatic carbocycles. The van der Waals surface area contributed by atoms with Crippen LogP contribution >= 0.6 is 11.6 Å². The van der Waals surface area contributed by atoms with Gasteiger partial charge in [-0.3, -0.25) is 0 Å². The van der Waals surface area contributed by atoms with Gasteiger partial charge in [-0.05, 0) is 25.5 Å². The molecular formula is C9H10ClF2NO. The first-order valence-electron chi connectivity index (χ1n) is 4.03. The molecule has 1 atom stereocenters. The van der Waals surface area contributed by atoms with Gasteiger partial charge in [0.25, 0.3) is 6.43 Å². The highest BCUT2D eigenvalue weighted by molar-refractivity contribution is 6.30. The number of aromatic nitrogens is 1. The van der Waals surface area contributed by atoms with Crippen LogP contribution in [0.1, 0.15) is 22.9 Å². The molecule has 1 unspecified atom stereocenters. The second-order valence-corrected chi connectivity index (χ2v) is 3.42. The van der Waals surface area contributed by atoms with Gasteiger partial charge >= 0.3 is 0 Å². The number of hydrogen-bond acceptors (Lipinski definition) is 2. The van der Waals surface area contributed by atoms with Crippen LogP contribution in [0.5, 0.6) is 0 Å². The van der Waals surface area contributed by atoms with Crippen LogP contribution in [0.15, 0.2) is 6.07 Å². The predicted octanol–water partition coefficient (Wildman–Crippen LogP) is 2.65. The fraction of sp³-hybridized carbons (Fsp3) is 0.444. The Bertz CT molecular complexity index is 321. The van der Waals surface area contributed by atoms with Gasteiger partial charge < -0.3 is 5.11 Å². The topological polar surface area (TPSA) is 33.1 Å². The Morgan fingerprint density at radius 3 is 2.43 bits per heavy atom. The van der Waals surface area contributed by atoms with E-state index in [0.717, 1.165) is 0 Å². The zero-order chi connectivity index (χ0) is 10.9. The first-order chi connectivity index (χ1) is 6.43. The maximum Gasteiger partial charge on any atom is 0.268 e. The number of rotatable bonds is 2. The quantitative estimate of drug-likeness (QED) is 0.779. The van der Waals surface area contributed by atoms with E-state index in [1.54, 1.807) is 19.9 Å². The van der Waals surface area contributed by atoms with Gasteiger partial charge in [0.05, 0.1) is 0 Å². The Kier molecular flexibility index (Phi) is 3.39. The van der Waals surface area contributed by atoms with E-state index in [4.69, 9.17) is 11.6 Å². The highest BCUT2D eigenvalue weighted by Crippen LogP contribution is 2.29. The lowest BCUT2D eigenvalue weighted by Gasteiger charge is -2.14. The second-order valence-electron chi connectivity index (χ2n) is 3.06. The standard InChI is InChI=1S/C9H10ClF2NO/c1-4-3-5(2)13-8(10)6(4)7(14)9(11)12/h3,7,9,14H,1-2H3. The van der Waals surface area contributed by atoms with Gasteiger partial charge in [-0.1, -0.05) is 11.6 Å². The Labute approximate surface area is 85.5 Å². The Hall–Kier alpha value is -0.740. The monoisotopic (exact) mass is 221 g/mol. The van der Waals surface area contributed by atoms with Crippen molar-refractivity contribution < 1.29 is 13.9 Å². The molecule has 1 rings (SSSR count). The summed E-state index contributed by atoms with van der Waals surface area (Å²) in [5.74, 6) is 0. The largest absolute Gasteiger partial charge is 0.382 e. The van der Waals surface area contributed by atoms with Crippen LogP contribution in [-0.2, 0) is 0 Å². The van der Waals surface area contributed by atoms with Crippen LogP contribution in [0.25, 0.3) is 0 Å². The van der Waals surface area contributed by atoms with E-state index in [9.17, 15) is 13.9 Å². The summed E-state index contributed by atoms with van der Waals surface area (Å²) in [4.78, 5) is 3.81. The van der Waals surface area contributed by atoms with E-state index < -0.39 is 12.5 Å². The normalized spacial score (nSPS) is 13.4. The predicted molar refractivity (Wildman–Crippen MR) is 49.7 cm³/mol. The molecule has 1 heterocycles. The Morgan fingerprint density at radius 1 is 1.43 bits per heavy atom. The molecule has 5 heteroatoms. The van der Waals surface area contributed by atoms with Crippen molar-refractivity contribution in [1.29, 1.82) is 0 Å². The maximum atomic E-state index is 12.2. The van der Waals surface area contributed by atoms with Crippen molar-refractivity contribution >= 4 is 11.6 Å². The molecule has 14 heavy (non-hydrogen) atoms. The minimum atomic E-state index is -2.85. The molecule has 0 radical (unpaired) electrons. The second kappa shape index (κ2) is 4.19. The smallest absolute Gasteiger partial charge is 0.268 e. The van der Waals surface area contributed by atoms with Crippen molar-refractivity contribution in [2.75, 3.05) is 0 Å². The fourth-order valence-corrected chi connectivity index (χ4v) is 1.68. The van der Waals surface area contributed by atoms with Crippen LogP contribution in [0, 0.1) is 13.8 Å². The lowest BCUT2D eigenvalue weighted by molar-refractivity contribution is -0.00627. The maximum absolute atomic E-state index is 12.2. The summed E-state index contributed by atoms with van der Waals surface area (Å²) >= 11 is 5.67. The van der Waals surface area contributed by atoms with Crippen molar-refractivity contribution in [2.45, 2.75) is 26.4 Å². The first kappa shape index (κ1) is 11.3. The van der Waals surface area contributed by atoms with Gasteiger partial charge in [-0.15, -0.1) is 0 Å². The zero-order valence-electron chi connectivity index (χ0n) is 7.76. The van der Waals surface area contributed by atoms with Crippen molar-refractivity contribution in [3.63, 3.8) is 0 Å². The summed E-state index contributed by atoms with van der Waals surface area (Å²) in [5.41, 5.74) is 1.17. The molecule has 0 aliphatic rings. The van der Waals surface area contributed by atoms with Crippen molar-refractivity contribution in [1.82, 2.24) is 4.98 Å². The Balaban J connectivity index is 3.20. The molecular weight excluding hydrogens is 212 g/mol. The third-order valence-corrected chi connectivity index (χ3v) is 2.17. The highest BCUT2D eigenvalue weighted by atomic mass is 35.5. The number of halogens is 3. The van der Waals surface area contributed by atoms with Crippen molar-refractivity contribution in [3.8, 4) is 0 Å². The zero-order valence-corrected chi connectivity index (χ0v) is 8.52. The van der Waals surface area contributed by atoms with Crippen LogP contribution < -0.4 is 0 Å². The molecule has 0 aliphatic carbocycles. The van der Waals surface area contributed by atoms with Crippen molar-refractivity contribution in [3.05, 3.63) is 28.0 Å². The summed E-state index contributed by atoms with van der Waals surface area (Å²) in [5, 5.41) is 9.12. The van der Waals surface area contributed by atoms with Gasteiger partial charge in [-0.2, -0.15) is 0 Å². The van der Waals surface area contributed by atoms with E-state index in [0.29, 0.717) is 11.3 Å². The fourth-order valence-electron chi connectivity index (χ4n) is 1.28. The lowest BCUT2D eigenvalue weighted by atomic mass is 10.1. The third-order valence-electron chi connectivity index (χ3n) is 1.88. The third kappa shape index (κ3) is 2.19. The molecule has 0 spiro atoms. The number of aryl methyl sites for hydroxylation is 2. The van der Waals surface area contributed by atoms with E-state index in [-0.39, 0.29) is 10.7 Å². The molecule has 0 saturated heterocycles. The van der Waals surface area contributed by atoms with Crippen LogP contribution in [0.2, 0.25) is 5.15 Å². The number of pyridine rings is 1. The van der Waals surface area contributed by atoms with Gasteiger partial charge in [0.2, 0.25) is 0 Å². The van der Waals surface area contributed by atoms with E-state index in [2.05, 4.69) is 4.98 Å². The first-order valence-corrected chi connectivity index (χ1v) is 4.41. The molecule has 1 N–H and O–H groups in total. The Morgan fingerprint density at radius 2 is 2.00 bits per heavy atom. The minimum absolute atomic E-state index is 0.00673. The van der Waals surface area contributed by atoms with Crippen LogP contribution in [0.3, 0.4) is 0 Å². The SMILES string of the molecule is Cc1cc(C)c(C(O)C(F)F)c(Cl)n1. The van der Waals surface area contributed by atoms with Crippen molar-refractivity contribution in [2.24, 2.45) is 0 Å². The number of hydrogen-bond donors (Lipinski definition) is 1. The minimum Gasteiger partial charge on any atom is -0.382 e. The van der Waals surface area contributed by atoms with Crippen LogP contribution in [-0.4, -0.2) is 16.5 Å². The molecule has 0 amide bonds. The summed E-state index contributed by atoms with van der Waals surface area (Å²) in [6.07, 6.45) is -4.72. The van der Waals surface area contributed by atoms with E-state index in [1.165, 1.54) is 0 Å². The average molecular weight is 222 g/mol. The number of aliphatic hydroxyl groups excluding tert-OH is 1. The summed E-state index contributed by atoms with van der Waals surface area (Å²) in [7, 11) is 0. The molecule has 1 aromatic heterocycles. The highest BCUT2D eigenvalue weighted by Gasteiger charge is 2.24. The van der Waals surface area contributed by atoms with E-state index >= 15 is 0 Å². The molecule has 0 aliphatic heterocycles. The van der Waals surface area contributed by atoms with Gasteiger partial charge in [0.15, 0.2) is 0 Å². The molecule has 0 bridgehead atoms. The van der Waals surface area contributed by atoms with Gasteiger partial charge in [0, 0.05) is 11.3 Å². The number of alkyl halides is 2. The molecule has 2 nitrogen and oxygen atoms in total. The number of aliphatic hydroxyl groups is 1. The summed E-state index contributed by atoms with van der Waals surface area (Å²) in [6.45, 7) is 3.32. The van der Waals surface area contributed by atoms with E-state index in [1.807, 2.05) is 0 Å². The average Bonchev–Trinajstić information content (AvgIpc) is 2.01. The summed E-state index contributed by atoms with van der Waals surface area (Å²) in [6, 6.07) is 1.60. The van der Waals surface area contributed by atoms with Gasteiger partial charge in [0.1, 0.15) is 11.3 Å². The van der Waals surface area contributed by atoms with Crippen LogP contribution in [0.4, 0.5) is 8.78 Å². The molecule has 78 valence electrons. The summed E-state index contributed by atoms with van der Waals surface area (Å²) < 4.78 is 24.5. The number of nitrogens with zero attached hydrogens (tertiary/aromatic N) is 1. The molecule has 1 aromatic rings. The molecule has 0 fully saturated rings. The molecule has 0 saturated carbocycles.